The molecule has 1 aliphatic rings. The molecule has 0 saturated carbocycles. The summed E-state index contributed by atoms with van der Waals surface area (Å²) in [6, 6.07) is 13.9. The fourth-order valence-electron chi connectivity index (χ4n) is 3.52. The largest absolute Gasteiger partial charge is 0.444 e. The number of hydrogen-bond donors (Lipinski definition) is 2. The Morgan fingerprint density at radius 3 is 2.34 bits per heavy atom. The number of benzene rings is 2. The van der Waals surface area contributed by atoms with Gasteiger partial charge in [0.25, 0.3) is 10.0 Å². The standard InChI is InChI=1S/C23H32N4O4S/c1-23(2,3)31-22(28)27-14-8-13-26(15-16-27)18-11-12-20(24-4)21(17-18)25-32(29,30)19-9-6-5-7-10-19/h5-7,9-12,17,24-25H,8,13-16H2,1-4H3. The van der Waals surface area contributed by atoms with Crippen molar-refractivity contribution in [3.63, 3.8) is 0 Å². The molecular formula is C23H32N4O4S. The Bertz CT molecular complexity index is 1040. The van der Waals surface area contributed by atoms with Crippen molar-refractivity contribution in [3.8, 4) is 0 Å². The first-order valence-corrected chi connectivity index (χ1v) is 12.2. The van der Waals surface area contributed by atoms with Crippen LogP contribution in [0.2, 0.25) is 0 Å². The van der Waals surface area contributed by atoms with Gasteiger partial charge in [-0.2, -0.15) is 0 Å². The smallest absolute Gasteiger partial charge is 0.410 e. The summed E-state index contributed by atoms with van der Waals surface area (Å²) in [6.45, 7) is 8.11. The summed E-state index contributed by atoms with van der Waals surface area (Å²) in [7, 11) is -1.97. The molecule has 8 nitrogen and oxygen atoms in total. The quantitative estimate of drug-likeness (QED) is 0.702. The molecule has 1 amide bonds. The molecular weight excluding hydrogens is 428 g/mol. The van der Waals surface area contributed by atoms with Crippen molar-refractivity contribution in [2.75, 3.05) is 48.2 Å². The predicted molar refractivity (Wildman–Crippen MR) is 128 cm³/mol. The summed E-state index contributed by atoms with van der Waals surface area (Å²) in [6.07, 6.45) is 0.485. The minimum Gasteiger partial charge on any atom is -0.444 e. The Balaban J connectivity index is 1.77. The van der Waals surface area contributed by atoms with Crippen LogP contribution in [-0.2, 0) is 14.8 Å². The molecule has 9 heteroatoms. The van der Waals surface area contributed by atoms with E-state index in [1.165, 1.54) is 0 Å². The molecule has 0 atom stereocenters. The van der Waals surface area contributed by atoms with Gasteiger partial charge in [0.2, 0.25) is 0 Å². The first kappa shape index (κ1) is 23.7. The lowest BCUT2D eigenvalue weighted by Crippen LogP contribution is -2.39. The third-order valence-electron chi connectivity index (χ3n) is 5.08. The molecule has 0 aliphatic carbocycles. The molecule has 0 spiro atoms. The number of carbonyl (C=O) groups excluding carboxylic acids is 1. The lowest BCUT2D eigenvalue weighted by molar-refractivity contribution is 0.0263. The molecule has 1 heterocycles. The molecule has 2 N–H and O–H groups in total. The molecule has 0 bridgehead atoms. The van der Waals surface area contributed by atoms with Crippen LogP contribution in [0.25, 0.3) is 0 Å². The monoisotopic (exact) mass is 460 g/mol. The molecule has 32 heavy (non-hydrogen) atoms. The van der Waals surface area contributed by atoms with Crippen LogP contribution < -0.4 is 14.9 Å². The molecule has 0 aromatic heterocycles. The maximum atomic E-state index is 12.8. The van der Waals surface area contributed by atoms with Crippen molar-refractivity contribution in [2.24, 2.45) is 0 Å². The minimum atomic E-state index is -3.72. The number of rotatable bonds is 5. The average molecular weight is 461 g/mol. The van der Waals surface area contributed by atoms with Gasteiger partial charge in [0, 0.05) is 38.9 Å². The highest BCUT2D eigenvalue weighted by atomic mass is 32.2. The molecule has 2 aromatic carbocycles. The van der Waals surface area contributed by atoms with Gasteiger partial charge in [-0.25, -0.2) is 13.2 Å². The van der Waals surface area contributed by atoms with Crippen LogP contribution in [0.4, 0.5) is 21.9 Å². The Morgan fingerprint density at radius 2 is 1.69 bits per heavy atom. The molecule has 0 unspecified atom stereocenters. The molecule has 1 aliphatic heterocycles. The van der Waals surface area contributed by atoms with E-state index < -0.39 is 15.6 Å². The van der Waals surface area contributed by atoms with Gasteiger partial charge in [0.05, 0.1) is 16.3 Å². The van der Waals surface area contributed by atoms with E-state index in [-0.39, 0.29) is 11.0 Å². The van der Waals surface area contributed by atoms with Crippen LogP contribution in [0.5, 0.6) is 0 Å². The van der Waals surface area contributed by atoms with E-state index in [0.29, 0.717) is 31.0 Å². The van der Waals surface area contributed by atoms with Gasteiger partial charge in [-0.15, -0.1) is 0 Å². The van der Waals surface area contributed by atoms with Gasteiger partial charge < -0.3 is 19.9 Å². The second kappa shape index (κ2) is 9.68. The van der Waals surface area contributed by atoms with Crippen LogP contribution in [0.1, 0.15) is 27.2 Å². The van der Waals surface area contributed by atoms with Crippen LogP contribution in [0.3, 0.4) is 0 Å². The molecule has 1 fully saturated rings. The number of ether oxygens (including phenoxy) is 1. The number of sulfonamides is 1. The highest BCUT2D eigenvalue weighted by Gasteiger charge is 2.25. The highest BCUT2D eigenvalue weighted by molar-refractivity contribution is 7.92. The number of nitrogens with one attached hydrogen (secondary N) is 2. The van der Waals surface area contributed by atoms with Gasteiger partial charge in [0.15, 0.2) is 0 Å². The van der Waals surface area contributed by atoms with Gasteiger partial charge in [-0.05, 0) is 57.5 Å². The van der Waals surface area contributed by atoms with Crippen LogP contribution in [0, 0.1) is 0 Å². The third kappa shape index (κ3) is 6.06. The fourth-order valence-corrected chi connectivity index (χ4v) is 4.61. The first-order chi connectivity index (χ1) is 15.1. The van der Waals surface area contributed by atoms with Gasteiger partial charge in [-0.1, -0.05) is 18.2 Å². The van der Waals surface area contributed by atoms with E-state index in [0.717, 1.165) is 18.7 Å². The highest BCUT2D eigenvalue weighted by Crippen LogP contribution is 2.30. The van der Waals surface area contributed by atoms with Crippen molar-refractivity contribution in [1.29, 1.82) is 0 Å². The molecule has 3 rings (SSSR count). The molecule has 1 saturated heterocycles. The van der Waals surface area contributed by atoms with Crippen molar-refractivity contribution in [3.05, 3.63) is 48.5 Å². The average Bonchev–Trinajstić information content (AvgIpc) is 2.99. The van der Waals surface area contributed by atoms with E-state index in [2.05, 4.69) is 14.9 Å². The zero-order valence-electron chi connectivity index (χ0n) is 19.1. The molecule has 0 radical (unpaired) electrons. The van der Waals surface area contributed by atoms with Gasteiger partial charge in [0.1, 0.15) is 5.60 Å². The number of hydrogen-bond acceptors (Lipinski definition) is 6. The van der Waals surface area contributed by atoms with Crippen molar-refractivity contribution < 1.29 is 17.9 Å². The van der Waals surface area contributed by atoms with Gasteiger partial charge >= 0.3 is 6.09 Å². The second-order valence-corrected chi connectivity index (χ2v) is 10.4. The Kier molecular flexibility index (Phi) is 7.18. The predicted octanol–water partition coefficient (Wildman–Crippen LogP) is 3.98. The van der Waals surface area contributed by atoms with Gasteiger partial charge in [-0.3, -0.25) is 4.72 Å². The molecule has 174 valence electrons. The summed E-state index contributed by atoms with van der Waals surface area (Å²) in [5.74, 6) is 0. The fraction of sp³-hybridized carbons (Fsp3) is 0.435. The summed E-state index contributed by atoms with van der Waals surface area (Å²) in [5.41, 5.74) is 1.51. The Labute approximate surface area is 190 Å². The summed E-state index contributed by atoms with van der Waals surface area (Å²) in [5, 5.41) is 3.04. The van der Waals surface area contributed by atoms with E-state index in [1.807, 2.05) is 39.0 Å². The minimum absolute atomic E-state index is 0.204. The van der Waals surface area contributed by atoms with E-state index in [9.17, 15) is 13.2 Å². The Hall–Kier alpha value is -2.94. The number of carbonyl (C=O) groups is 1. The summed E-state index contributed by atoms with van der Waals surface area (Å²) < 4.78 is 33.9. The lowest BCUT2D eigenvalue weighted by atomic mass is 10.2. The van der Waals surface area contributed by atoms with Crippen molar-refractivity contribution >= 4 is 33.2 Å². The zero-order chi connectivity index (χ0) is 23.4. The zero-order valence-corrected chi connectivity index (χ0v) is 19.9. The molecule has 2 aromatic rings. The maximum absolute atomic E-state index is 12.8. The van der Waals surface area contributed by atoms with Crippen LogP contribution >= 0.6 is 0 Å². The Morgan fingerprint density at radius 1 is 0.969 bits per heavy atom. The van der Waals surface area contributed by atoms with E-state index in [4.69, 9.17) is 4.74 Å². The first-order valence-electron chi connectivity index (χ1n) is 10.7. The van der Waals surface area contributed by atoms with E-state index in [1.54, 1.807) is 42.3 Å². The third-order valence-corrected chi connectivity index (χ3v) is 6.46. The number of nitrogens with zero attached hydrogens (tertiary/aromatic N) is 2. The second-order valence-electron chi connectivity index (χ2n) is 8.71. The lowest BCUT2D eigenvalue weighted by Gasteiger charge is -2.27. The summed E-state index contributed by atoms with van der Waals surface area (Å²) >= 11 is 0. The normalized spacial score (nSPS) is 15.1. The SMILES string of the molecule is CNc1ccc(N2CCCN(C(=O)OC(C)(C)C)CC2)cc1NS(=O)(=O)c1ccccc1. The number of anilines is 3. The van der Waals surface area contributed by atoms with E-state index >= 15 is 0 Å². The maximum Gasteiger partial charge on any atom is 0.410 e. The van der Waals surface area contributed by atoms with Crippen LogP contribution in [0.15, 0.2) is 53.4 Å². The van der Waals surface area contributed by atoms with Crippen LogP contribution in [-0.4, -0.2) is 58.2 Å². The van der Waals surface area contributed by atoms with Crippen molar-refractivity contribution in [2.45, 2.75) is 37.7 Å². The topological polar surface area (TPSA) is 91.0 Å². The van der Waals surface area contributed by atoms with Crippen molar-refractivity contribution in [1.82, 2.24) is 4.90 Å². The number of amides is 1. The summed E-state index contributed by atoms with van der Waals surface area (Å²) in [4.78, 5) is 16.5.